The van der Waals surface area contributed by atoms with Crippen LogP contribution in [0.4, 0.5) is 0 Å². The third-order valence-electron chi connectivity index (χ3n) is 5.51. The summed E-state index contributed by atoms with van der Waals surface area (Å²) in [5.41, 5.74) is 2.44. The molecule has 1 aliphatic rings. The van der Waals surface area contributed by atoms with Crippen LogP contribution >= 0.6 is 0 Å². The van der Waals surface area contributed by atoms with Gasteiger partial charge < -0.3 is 35.0 Å². The standard InChI is InChI=1S/C22H28O7/c1-22(2,27)29-11-16-14(10-23)6-13-8-20(28-3)19(26)9-15(13)21(16)12-4-5-17(24)18(25)7-12/h4-5,7-9,14,16,21,23-27H,6,10-11H2,1-3H3. The number of benzene rings is 2. The predicted molar refractivity (Wildman–Crippen MR) is 106 cm³/mol. The molecule has 0 fully saturated rings. The largest absolute Gasteiger partial charge is 0.504 e. The van der Waals surface area contributed by atoms with Crippen LogP contribution in [0.1, 0.15) is 36.5 Å². The number of fused-ring (bicyclic) bond motifs is 1. The van der Waals surface area contributed by atoms with Crippen LogP contribution in [-0.4, -0.2) is 51.6 Å². The molecule has 2 aromatic rings. The highest BCUT2D eigenvalue weighted by Gasteiger charge is 2.39. The van der Waals surface area contributed by atoms with Crippen molar-refractivity contribution in [2.24, 2.45) is 11.8 Å². The third-order valence-corrected chi connectivity index (χ3v) is 5.51. The zero-order valence-corrected chi connectivity index (χ0v) is 16.8. The summed E-state index contributed by atoms with van der Waals surface area (Å²) in [6.45, 7) is 3.14. The number of ether oxygens (including phenoxy) is 2. The summed E-state index contributed by atoms with van der Waals surface area (Å²) in [7, 11) is 1.48. The fourth-order valence-electron chi connectivity index (χ4n) is 4.09. The quantitative estimate of drug-likeness (QED) is 0.371. The van der Waals surface area contributed by atoms with Gasteiger partial charge in [0.05, 0.1) is 13.7 Å². The minimum atomic E-state index is -1.34. The number of hydrogen-bond acceptors (Lipinski definition) is 7. The van der Waals surface area contributed by atoms with Crippen molar-refractivity contribution in [2.75, 3.05) is 20.3 Å². The Morgan fingerprint density at radius 3 is 2.34 bits per heavy atom. The van der Waals surface area contributed by atoms with E-state index in [9.17, 15) is 25.5 Å². The molecule has 0 aliphatic heterocycles. The molecule has 2 aromatic carbocycles. The van der Waals surface area contributed by atoms with Gasteiger partial charge in [0.2, 0.25) is 0 Å². The van der Waals surface area contributed by atoms with E-state index in [-0.39, 0.29) is 48.2 Å². The molecular formula is C22H28O7. The van der Waals surface area contributed by atoms with E-state index >= 15 is 0 Å². The van der Waals surface area contributed by atoms with Crippen LogP contribution in [0.25, 0.3) is 0 Å². The van der Waals surface area contributed by atoms with Gasteiger partial charge in [-0.05, 0) is 73.1 Å². The summed E-state index contributed by atoms with van der Waals surface area (Å²) in [4.78, 5) is 0. The highest BCUT2D eigenvalue weighted by atomic mass is 16.6. The average Bonchev–Trinajstić information content (AvgIpc) is 2.66. The monoisotopic (exact) mass is 404 g/mol. The summed E-state index contributed by atoms with van der Waals surface area (Å²) in [5, 5.41) is 50.2. The topological polar surface area (TPSA) is 120 Å². The van der Waals surface area contributed by atoms with Crippen molar-refractivity contribution >= 4 is 0 Å². The molecule has 3 atom stereocenters. The molecule has 0 spiro atoms. The Balaban J connectivity index is 2.14. The van der Waals surface area contributed by atoms with Gasteiger partial charge in [-0.3, -0.25) is 0 Å². The number of phenolic OH excluding ortho intramolecular Hbond substituents is 3. The van der Waals surface area contributed by atoms with E-state index in [2.05, 4.69) is 0 Å². The van der Waals surface area contributed by atoms with Gasteiger partial charge in [-0.15, -0.1) is 0 Å². The lowest BCUT2D eigenvalue weighted by molar-refractivity contribution is -0.188. The van der Waals surface area contributed by atoms with Gasteiger partial charge in [0.15, 0.2) is 28.8 Å². The van der Waals surface area contributed by atoms with Crippen LogP contribution in [0, 0.1) is 11.8 Å². The van der Waals surface area contributed by atoms with Gasteiger partial charge in [-0.25, -0.2) is 0 Å². The Kier molecular flexibility index (Phi) is 5.93. The maximum Gasteiger partial charge on any atom is 0.160 e. The molecule has 0 radical (unpaired) electrons. The molecule has 0 saturated heterocycles. The summed E-state index contributed by atoms with van der Waals surface area (Å²) in [5.74, 6) is -2.26. The first-order valence-electron chi connectivity index (χ1n) is 9.53. The van der Waals surface area contributed by atoms with Crippen LogP contribution in [0.5, 0.6) is 23.0 Å². The SMILES string of the molecule is COc1cc2c(cc1O)C(c1ccc(O)c(O)c1)C(COC(C)(C)O)C(CO)C2. The van der Waals surface area contributed by atoms with Gasteiger partial charge in [-0.2, -0.15) is 0 Å². The fraction of sp³-hybridized carbons (Fsp3) is 0.455. The lowest BCUT2D eigenvalue weighted by Crippen LogP contribution is -2.38. The van der Waals surface area contributed by atoms with Crippen LogP contribution in [0.2, 0.25) is 0 Å². The van der Waals surface area contributed by atoms with Crippen LogP contribution in [-0.2, 0) is 11.2 Å². The van der Waals surface area contributed by atoms with Crippen molar-refractivity contribution < 1.29 is 35.0 Å². The number of hydrogen-bond donors (Lipinski definition) is 5. The van der Waals surface area contributed by atoms with E-state index in [1.807, 2.05) is 0 Å². The lowest BCUT2D eigenvalue weighted by Gasteiger charge is -2.40. The van der Waals surface area contributed by atoms with Crippen LogP contribution in [0.15, 0.2) is 30.3 Å². The molecule has 0 amide bonds. The number of methoxy groups -OCH3 is 1. The van der Waals surface area contributed by atoms with Crippen molar-refractivity contribution in [3.05, 3.63) is 47.0 Å². The van der Waals surface area contributed by atoms with E-state index in [4.69, 9.17) is 9.47 Å². The Morgan fingerprint density at radius 1 is 1.03 bits per heavy atom. The average molecular weight is 404 g/mol. The van der Waals surface area contributed by atoms with Gasteiger partial charge in [0.25, 0.3) is 0 Å². The number of aromatic hydroxyl groups is 3. The van der Waals surface area contributed by atoms with E-state index in [0.29, 0.717) is 17.7 Å². The summed E-state index contributed by atoms with van der Waals surface area (Å²) < 4.78 is 10.9. The smallest absolute Gasteiger partial charge is 0.160 e. The van der Waals surface area contributed by atoms with E-state index < -0.39 is 5.79 Å². The second-order valence-corrected chi connectivity index (χ2v) is 8.02. The Bertz CT molecular complexity index is 872. The number of aliphatic hydroxyl groups excluding tert-OH is 1. The molecular weight excluding hydrogens is 376 g/mol. The second-order valence-electron chi connectivity index (χ2n) is 8.02. The van der Waals surface area contributed by atoms with Gasteiger partial charge in [0, 0.05) is 12.5 Å². The molecule has 1 aliphatic carbocycles. The van der Waals surface area contributed by atoms with Crippen molar-refractivity contribution in [3.8, 4) is 23.0 Å². The Hall–Kier alpha value is -2.48. The molecule has 0 aromatic heterocycles. The molecule has 7 heteroatoms. The third kappa shape index (κ3) is 4.42. The summed E-state index contributed by atoms with van der Waals surface area (Å²) in [6.07, 6.45) is 0.545. The lowest BCUT2D eigenvalue weighted by atomic mass is 9.67. The zero-order chi connectivity index (χ0) is 21.3. The molecule has 0 heterocycles. The number of aliphatic hydroxyl groups is 2. The highest BCUT2D eigenvalue weighted by molar-refractivity contribution is 5.53. The zero-order valence-electron chi connectivity index (χ0n) is 16.8. The fourth-order valence-corrected chi connectivity index (χ4v) is 4.09. The van der Waals surface area contributed by atoms with Gasteiger partial charge in [0.1, 0.15) is 0 Å². The highest BCUT2D eigenvalue weighted by Crippen LogP contribution is 2.48. The van der Waals surface area contributed by atoms with Gasteiger partial charge >= 0.3 is 0 Å². The van der Waals surface area contributed by atoms with E-state index in [1.165, 1.54) is 33.1 Å². The Morgan fingerprint density at radius 2 is 1.76 bits per heavy atom. The van der Waals surface area contributed by atoms with Gasteiger partial charge in [-0.1, -0.05) is 6.07 Å². The maximum atomic E-state index is 10.4. The van der Waals surface area contributed by atoms with E-state index in [0.717, 1.165) is 11.1 Å². The number of rotatable bonds is 6. The molecule has 3 rings (SSSR count). The minimum Gasteiger partial charge on any atom is -0.504 e. The molecule has 0 bridgehead atoms. The first kappa shape index (κ1) is 21.2. The van der Waals surface area contributed by atoms with Crippen LogP contribution < -0.4 is 4.74 Å². The number of phenols is 3. The van der Waals surface area contributed by atoms with Crippen molar-refractivity contribution in [1.29, 1.82) is 0 Å². The van der Waals surface area contributed by atoms with Crippen LogP contribution in [0.3, 0.4) is 0 Å². The van der Waals surface area contributed by atoms with Crippen molar-refractivity contribution in [3.63, 3.8) is 0 Å². The minimum absolute atomic E-state index is 0.0103. The predicted octanol–water partition coefficient (Wildman–Crippen LogP) is 2.47. The molecule has 5 N–H and O–H groups in total. The maximum absolute atomic E-state index is 10.4. The summed E-state index contributed by atoms with van der Waals surface area (Å²) >= 11 is 0. The second kappa shape index (κ2) is 8.10. The molecule has 3 unspecified atom stereocenters. The molecule has 7 nitrogen and oxygen atoms in total. The van der Waals surface area contributed by atoms with Crippen molar-refractivity contribution in [2.45, 2.75) is 32.0 Å². The van der Waals surface area contributed by atoms with E-state index in [1.54, 1.807) is 18.2 Å². The van der Waals surface area contributed by atoms with Crippen molar-refractivity contribution in [1.82, 2.24) is 0 Å². The first-order chi connectivity index (χ1) is 13.6. The molecule has 0 saturated carbocycles. The summed E-state index contributed by atoms with van der Waals surface area (Å²) in [6, 6.07) is 7.97. The normalized spacial score (nSPS) is 21.6. The Labute approximate surface area is 169 Å². The molecule has 29 heavy (non-hydrogen) atoms. The molecule has 158 valence electrons. The first-order valence-corrected chi connectivity index (χ1v) is 9.53.